The molecule has 1 aromatic heterocycles. The molecular formula is C21H37N5O2. The average molecular weight is 392 g/mol. The first-order chi connectivity index (χ1) is 13.7. The molecule has 1 saturated heterocycles. The molecule has 0 aromatic carbocycles. The van der Waals surface area contributed by atoms with Gasteiger partial charge in [0.2, 0.25) is 0 Å². The van der Waals surface area contributed by atoms with E-state index in [9.17, 15) is 0 Å². The largest absolute Gasteiger partial charge is 0.381 e. The van der Waals surface area contributed by atoms with Gasteiger partial charge in [-0.2, -0.15) is 0 Å². The van der Waals surface area contributed by atoms with Crippen molar-refractivity contribution in [1.82, 2.24) is 15.6 Å². The number of morpholine rings is 1. The molecule has 1 unspecified atom stereocenters. The van der Waals surface area contributed by atoms with Gasteiger partial charge in [0, 0.05) is 45.6 Å². The van der Waals surface area contributed by atoms with Crippen LogP contribution in [0.5, 0.6) is 0 Å². The van der Waals surface area contributed by atoms with E-state index in [-0.39, 0.29) is 6.10 Å². The molecule has 158 valence electrons. The summed E-state index contributed by atoms with van der Waals surface area (Å²) in [6.45, 7) is 12.8. The van der Waals surface area contributed by atoms with Crippen LogP contribution in [-0.4, -0.2) is 63.0 Å². The Labute approximate surface area is 169 Å². The number of nitrogens with zero attached hydrogens (tertiary/aromatic N) is 3. The molecule has 1 atom stereocenters. The van der Waals surface area contributed by atoms with Crippen molar-refractivity contribution in [2.24, 2.45) is 4.99 Å². The summed E-state index contributed by atoms with van der Waals surface area (Å²) in [6, 6.07) is 4.16. The van der Waals surface area contributed by atoms with E-state index in [1.54, 1.807) is 0 Å². The van der Waals surface area contributed by atoms with E-state index in [1.807, 2.05) is 12.3 Å². The fourth-order valence-electron chi connectivity index (χ4n) is 3.00. The zero-order valence-corrected chi connectivity index (χ0v) is 17.7. The normalized spacial score (nSPS) is 17.6. The lowest BCUT2D eigenvalue weighted by Crippen LogP contribution is -2.41. The van der Waals surface area contributed by atoms with Crippen LogP contribution in [0.3, 0.4) is 0 Å². The van der Waals surface area contributed by atoms with Crippen LogP contribution in [0.4, 0.5) is 5.82 Å². The molecule has 1 aliphatic rings. The Morgan fingerprint density at radius 3 is 2.96 bits per heavy atom. The Balaban J connectivity index is 1.82. The molecule has 0 amide bonds. The van der Waals surface area contributed by atoms with Crippen LogP contribution in [0.25, 0.3) is 0 Å². The first-order valence-corrected chi connectivity index (χ1v) is 10.6. The first-order valence-electron chi connectivity index (χ1n) is 10.6. The molecule has 2 N–H and O–H groups in total. The number of guanidine groups is 1. The minimum Gasteiger partial charge on any atom is -0.381 e. The molecule has 7 nitrogen and oxygen atoms in total. The first kappa shape index (κ1) is 22.4. The average Bonchev–Trinajstić information content (AvgIpc) is 2.71. The van der Waals surface area contributed by atoms with Gasteiger partial charge in [0.25, 0.3) is 0 Å². The van der Waals surface area contributed by atoms with Crippen LogP contribution in [0.2, 0.25) is 0 Å². The van der Waals surface area contributed by atoms with Gasteiger partial charge < -0.3 is 25.0 Å². The minimum absolute atomic E-state index is 0.243. The minimum atomic E-state index is 0.243. The van der Waals surface area contributed by atoms with E-state index in [0.29, 0.717) is 6.54 Å². The van der Waals surface area contributed by atoms with Crippen molar-refractivity contribution in [3.05, 3.63) is 23.9 Å². The van der Waals surface area contributed by atoms with Gasteiger partial charge in [0.05, 0.1) is 19.3 Å². The molecule has 0 spiro atoms. The fourth-order valence-corrected chi connectivity index (χ4v) is 3.00. The van der Waals surface area contributed by atoms with Gasteiger partial charge in [-0.1, -0.05) is 13.3 Å². The van der Waals surface area contributed by atoms with Gasteiger partial charge in [-0.3, -0.25) is 0 Å². The summed E-state index contributed by atoms with van der Waals surface area (Å²) in [5.74, 6) is 1.85. The van der Waals surface area contributed by atoms with Crippen LogP contribution < -0.4 is 15.5 Å². The Morgan fingerprint density at radius 1 is 1.32 bits per heavy atom. The number of anilines is 1. The number of unbranched alkanes of at least 4 members (excludes halogenated alkanes) is 1. The number of aromatic nitrogens is 1. The Kier molecular flexibility index (Phi) is 10.7. The lowest BCUT2D eigenvalue weighted by Gasteiger charge is -2.32. The molecule has 2 rings (SSSR count). The molecule has 0 aliphatic carbocycles. The summed E-state index contributed by atoms with van der Waals surface area (Å²) in [7, 11) is 0. The van der Waals surface area contributed by atoms with E-state index in [1.165, 1.54) is 6.42 Å². The van der Waals surface area contributed by atoms with Gasteiger partial charge in [0.1, 0.15) is 5.82 Å². The van der Waals surface area contributed by atoms with Crippen LogP contribution in [0.1, 0.15) is 45.6 Å². The molecule has 1 aromatic rings. The molecule has 1 aliphatic heterocycles. The van der Waals surface area contributed by atoms with Gasteiger partial charge in [-0.05, 0) is 44.4 Å². The third-order valence-corrected chi connectivity index (χ3v) is 4.54. The number of hydrogen-bond acceptors (Lipinski definition) is 5. The molecule has 0 radical (unpaired) electrons. The maximum absolute atomic E-state index is 5.62. The highest BCUT2D eigenvalue weighted by Crippen LogP contribution is 2.16. The molecule has 0 bridgehead atoms. The standard InChI is InChI=1S/C21H37N5O2/c1-4-6-12-27-13-7-9-24-21(22-5-2)25-16-19-8-10-23-20(15-19)26-11-14-28-18(3)17-26/h8,10,15,18H,4-7,9,11-14,16-17H2,1-3H3,(H2,22,24,25). The SMILES string of the molecule is CCCCOCCCNC(=NCc1ccnc(N2CCOC(C)C2)c1)NCC. The summed E-state index contributed by atoms with van der Waals surface area (Å²) in [4.78, 5) is 11.5. The molecule has 7 heteroatoms. The van der Waals surface area contributed by atoms with Crippen molar-refractivity contribution in [3.63, 3.8) is 0 Å². The fraction of sp³-hybridized carbons (Fsp3) is 0.714. The maximum atomic E-state index is 5.62. The predicted octanol–water partition coefficient (Wildman–Crippen LogP) is 2.57. The molecule has 28 heavy (non-hydrogen) atoms. The van der Waals surface area contributed by atoms with E-state index < -0.39 is 0 Å². The summed E-state index contributed by atoms with van der Waals surface area (Å²) >= 11 is 0. The van der Waals surface area contributed by atoms with E-state index in [4.69, 9.17) is 14.5 Å². The lowest BCUT2D eigenvalue weighted by atomic mass is 10.2. The molecule has 1 fully saturated rings. The predicted molar refractivity (Wildman–Crippen MR) is 115 cm³/mol. The Morgan fingerprint density at radius 2 is 2.18 bits per heavy atom. The van der Waals surface area contributed by atoms with Gasteiger partial charge in [-0.15, -0.1) is 0 Å². The van der Waals surface area contributed by atoms with Gasteiger partial charge >= 0.3 is 0 Å². The number of nitrogens with one attached hydrogen (secondary N) is 2. The number of aliphatic imine (C=N–C) groups is 1. The zero-order chi connectivity index (χ0) is 20.0. The van der Waals surface area contributed by atoms with Crippen molar-refractivity contribution in [2.75, 3.05) is 50.9 Å². The maximum Gasteiger partial charge on any atom is 0.191 e. The van der Waals surface area contributed by atoms with Crippen LogP contribution in [0, 0.1) is 0 Å². The van der Waals surface area contributed by atoms with Crippen molar-refractivity contribution in [2.45, 2.75) is 52.7 Å². The molecule has 2 heterocycles. The second-order valence-corrected chi connectivity index (χ2v) is 7.09. The van der Waals surface area contributed by atoms with Crippen LogP contribution >= 0.6 is 0 Å². The Bertz CT molecular complexity index is 582. The van der Waals surface area contributed by atoms with Crippen molar-refractivity contribution in [3.8, 4) is 0 Å². The van der Waals surface area contributed by atoms with Gasteiger partial charge in [-0.25, -0.2) is 9.98 Å². The van der Waals surface area contributed by atoms with Crippen molar-refractivity contribution >= 4 is 11.8 Å². The lowest BCUT2D eigenvalue weighted by molar-refractivity contribution is 0.0529. The van der Waals surface area contributed by atoms with E-state index >= 15 is 0 Å². The molecular weight excluding hydrogens is 354 g/mol. The summed E-state index contributed by atoms with van der Waals surface area (Å²) in [5, 5.41) is 6.69. The number of rotatable bonds is 11. The third kappa shape index (κ3) is 8.44. The monoisotopic (exact) mass is 391 g/mol. The van der Waals surface area contributed by atoms with E-state index in [0.717, 1.165) is 76.2 Å². The van der Waals surface area contributed by atoms with E-state index in [2.05, 4.69) is 47.4 Å². The summed E-state index contributed by atoms with van der Waals surface area (Å²) in [5.41, 5.74) is 1.16. The Hall–Kier alpha value is -1.86. The smallest absolute Gasteiger partial charge is 0.191 e. The summed E-state index contributed by atoms with van der Waals surface area (Å²) in [6.07, 6.45) is 5.40. The molecule has 0 saturated carbocycles. The highest BCUT2D eigenvalue weighted by Gasteiger charge is 2.17. The number of pyridine rings is 1. The van der Waals surface area contributed by atoms with Crippen LogP contribution in [-0.2, 0) is 16.0 Å². The second kappa shape index (κ2) is 13.3. The van der Waals surface area contributed by atoms with Crippen LogP contribution in [0.15, 0.2) is 23.3 Å². The quantitative estimate of drug-likeness (QED) is 0.343. The van der Waals surface area contributed by atoms with Crippen molar-refractivity contribution < 1.29 is 9.47 Å². The zero-order valence-electron chi connectivity index (χ0n) is 17.7. The topological polar surface area (TPSA) is 71.0 Å². The highest BCUT2D eigenvalue weighted by atomic mass is 16.5. The highest BCUT2D eigenvalue weighted by molar-refractivity contribution is 5.79. The van der Waals surface area contributed by atoms with Gasteiger partial charge in [0.15, 0.2) is 5.96 Å². The third-order valence-electron chi connectivity index (χ3n) is 4.54. The number of ether oxygens (including phenoxy) is 2. The number of hydrogen-bond donors (Lipinski definition) is 2. The second-order valence-electron chi connectivity index (χ2n) is 7.09. The van der Waals surface area contributed by atoms with Crippen molar-refractivity contribution in [1.29, 1.82) is 0 Å². The summed E-state index contributed by atoms with van der Waals surface area (Å²) < 4.78 is 11.2.